The SMILES string of the molecule is CC(=O)OC[S@@](=O)CC(=O)c1ccccc1. The lowest BCUT2D eigenvalue weighted by Gasteiger charge is -2.02. The van der Waals surface area contributed by atoms with E-state index in [1.165, 1.54) is 6.92 Å². The van der Waals surface area contributed by atoms with Gasteiger partial charge in [0, 0.05) is 12.5 Å². The molecule has 0 spiro atoms. The third kappa shape index (κ3) is 4.35. The number of ether oxygens (including phenoxy) is 1. The highest BCUT2D eigenvalue weighted by molar-refractivity contribution is 7.85. The summed E-state index contributed by atoms with van der Waals surface area (Å²) in [4.78, 5) is 22.0. The quantitative estimate of drug-likeness (QED) is 0.572. The summed E-state index contributed by atoms with van der Waals surface area (Å²) in [5.74, 6) is -1.07. The molecule has 0 aliphatic heterocycles. The summed E-state index contributed by atoms with van der Waals surface area (Å²) in [5, 5.41) is 0. The highest BCUT2D eigenvalue weighted by atomic mass is 32.2. The van der Waals surface area contributed by atoms with Crippen molar-refractivity contribution in [2.24, 2.45) is 0 Å². The Morgan fingerprint density at radius 1 is 1.25 bits per heavy atom. The number of carbonyl (C=O) groups excluding carboxylic acids is 2. The van der Waals surface area contributed by atoms with Crippen LogP contribution in [0.1, 0.15) is 17.3 Å². The minimum absolute atomic E-state index is 0.128. The Kier molecular flexibility index (Phi) is 4.85. The summed E-state index contributed by atoms with van der Waals surface area (Å²) in [6, 6.07) is 8.59. The van der Waals surface area contributed by atoms with E-state index in [4.69, 9.17) is 0 Å². The average Bonchev–Trinajstić information content (AvgIpc) is 2.27. The van der Waals surface area contributed by atoms with E-state index in [0.29, 0.717) is 5.56 Å². The van der Waals surface area contributed by atoms with Gasteiger partial charge in [-0.3, -0.25) is 13.8 Å². The van der Waals surface area contributed by atoms with Gasteiger partial charge in [-0.15, -0.1) is 0 Å². The fourth-order valence-electron chi connectivity index (χ4n) is 1.04. The second-order valence-corrected chi connectivity index (χ2v) is 4.53. The molecule has 1 aromatic rings. The van der Waals surface area contributed by atoms with Crippen molar-refractivity contribution in [3.63, 3.8) is 0 Å². The maximum Gasteiger partial charge on any atom is 0.303 e. The van der Waals surface area contributed by atoms with Gasteiger partial charge in [-0.2, -0.15) is 0 Å². The minimum atomic E-state index is -1.46. The summed E-state index contributed by atoms with van der Waals surface area (Å²) in [7, 11) is -1.46. The van der Waals surface area contributed by atoms with Crippen LogP contribution in [0, 0.1) is 0 Å². The van der Waals surface area contributed by atoms with Crippen LogP contribution in [0.25, 0.3) is 0 Å². The van der Waals surface area contributed by atoms with Crippen molar-refractivity contribution in [1.29, 1.82) is 0 Å². The second kappa shape index (κ2) is 6.17. The molecule has 5 heteroatoms. The third-order valence-electron chi connectivity index (χ3n) is 1.78. The molecule has 0 N–H and O–H groups in total. The first-order chi connectivity index (χ1) is 7.59. The minimum Gasteiger partial charge on any atom is -0.452 e. The maximum absolute atomic E-state index is 11.6. The number of rotatable bonds is 5. The molecular weight excluding hydrogens is 228 g/mol. The van der Waals surface area contributed by atoms with Crippen molar-refractivity contribution in [3.05, 3.63) is 35.9 Å². The number of hydrogen-bond acceptors (Lipinski definition) is 4. The maximum atomic E-state index is 11.6. The molecule has 0 aliphatic rings. The van der Waals surface area contributed by atoms with Crippen molar-refractivity contribution in [3.8, 4) is 0 Å². The predicted molar refractivity (Wildman–Crippen MR) is 60.4 cm³/mol. The lowest BCUT2D eigenvalue weighted by atomic mass is 10.2. The van der Waals surface area contributed by atoms with Crippen LogP contribution in [-0.4, -0.2) is 27.7 Å². The average molecular weight is 240 g/mol. The fourth-order valence-corrected chi connectivity index (χ4v) is 1.88. The van der Waals surface area contributed by atoms with E-state index in [-0.39, 0.29) is 17.5 Å². The van der Waals surface area contributed by atoms with Gasteiger partial charge in [0.1, 0.15) is 0 Å². The van der Waals surface area contributed by atoms with Gasteiger partial charge in [0.25, 0.3) is 0 Å². The predicted octanol–water partition coefficient (Wildman–Crippen LogP) is 1.14. The molecule has 86 valence electrons. The Labute approximate surface area is 96.1 Å². The number of carbonyl (C=O) groups is 2. The number of ketones is 1. The third-order valence-corrected chi connectivity index (χ3v) is 2.75. The van der Waals surface area contributed by atoms with Crippen LogP contribution in [-0.2, 0) is 20.3 Å². The molecule has 0 heterocycles. The lowest BCUT2D eigenvalue weighted by Crippen LogP contribution is -2.16. The summed E-state index contributed by atoms with van der Waals surface area (Å²) in [6.07, 6.45) is 0. The topological polar surface area (TPSA) is 60.4 Å². The molecule has 0 radical (unpaired) electrons. The van der Waals surface area contributed by atoms with Gasteiger partial charge in [0.15, 0.2) is 11.7 Å². The first-order valence-electron chi connectivity index (χ1n) is 4.66. The van der Waals surface area contributed by atoms with E-state index in [0.717, 1.165) is 0 Å². The van der Waals surface area contributed by atoms with Crippen molar-refractivity contribution in [2.45, 2.75) is 6.92 Å². The zero-order chi connectivity index (χ0) is 12.0. The van der Waals surface area contributed by atoms with Gasteiger partial charge in [-0.25, -0.2) is 0 Å². The second-order valence-electron chi connectivity index (χ2n) is 3.13. The highest BCUT2D eigenvalue weighted by Gasteiger charge is 2.10. The number of benzene rings is 1. The molecule has 16 heavy (non-hydrogen) atoms. The molecule has 0 saturated heterocycles. The van der Waals surface area contributed by atoms with Crippen molar-refractivity contribution in [2.75, 3.05) is 11.7 Å². The van der Waals surface area contributed by atoms with E-state index in [1.807, 2.05) is 0 Å². The van der Waals surface area contributed by atoms with Crippen molar-refractivity contribution in [1.82, 2.24) is 0 Å². The van der Waals surface area contributed by atoms with Gasteiger partial charge in [-0.1, -0.05) is 30.3 Å². The van der Waals surface area contributed by atoms with Crippen LogP contribution in [0.5, 0.6) is 0 Å². The molecule has 0 unspecified atom stereocenters. The summed E-state index contributed by atoms with van der Waals surface area (Å²) >= 11 is 0. The molecule has 1 atom stereocenters. The Morgan fingerprint density at radius 2 is 1.88 bits per heavy atom. The molecular formula is C11H12O4S. The molecule has 0 aliphatic carbocycles. The first-order valence-corrected chi connectivity index (χ1v) is 6.15. The fraction of sp³-hybridized carbons (Fsp3) is 0.273. The monoisotopic (exact) mass is 240 g/mol. The van der Waals surface area contributed by atoms with E-state index in [2.05, 4.69) is 4.74 Å². The van der Waals surface area contributed by atoms with Crippen LogP contribution >= 0.6 is 0 Å². The van der Waals surface area contributed by atoms with Crippen LogP contribution in [0.3, 0.4) is 0 Å². The summed E-state index contributed by atoms with van der Waals surface area (Å²) in [6.45, 7) is 1.23. The van der Waals surface area contributed by atoms with Gasteiger partial charge in [0.2, 0.25) is 0 Å². The first kappa shape index (κ1) is 12.6. The van der Waals surface area contributed by atoms with E-state index >= 15 is 0 Å². The molecule has 0 fully saturated rings. The lowest BCUT2D eigenvalue weighted by molar-refractivity contribution is -0.138. The summed E-state index contributed by atoms with van der Waals surface area (Å²) in [5.41, 5.74) is 0.513. The summed E-state index contributed by atoms with van der Waals surface area (Å²) < 4.78 is 15.9. The normalized spacial score (nSPS) is 11.8. The van der Waals surface area contributed by atoms with Crippen LogP contribution in [0.15, 0.2) is 30.3 Å². The van der Waals surface area contributed by atoms with Crippen LogP contribution < -0.4 is 0 Å². The molecule has 0 amide bonds. The molecule has 1 rings (SSSR count). The highest BCUT2D eigenvalue weighted by Crippen LogP contribution is 2.01. The van der Waals surface area contributed by atoms with Gasteiger partial charge in [0.05, 0.1) is 16.6 Å². The van der Waals surface area contributed by atoms with Gasteiger partial charge < -0.3 is 4.74 Å². The smallest absolute Gasteiger partial charge is 0.303 e. The Morgan fingerprint density at radius 3 is 2.44 bits per heavy atom. The largest absolute Gasteiger partial charge is 0.452 e. The Bertz CT molecular complexity index is 400. The van der Waals surface area contributed by atoms with Gasteiger partial charge in [-0.05, 0) is 0 Å². The van der Waals surface area contributed by atoms with Gasteiger partial charge >= 0.3 is 5.97 Å². The Balaban J connectivity index is 2.46. The molecule has 0 bridgehead atoms. The standard InChI is InChI=1S/C11H12O4S/c1-9(12)15-8-16(14)7-11(13)10-5-3-2-4-6-10/h2-6H,7-8H2,1H3/t16-/m0/s1. The van der Waals surface area contributed by atoms with Crippen LogP contribution in [0.4, 0.5) is 0 Å². The van der Waals surface area contributed by atoms with E-state index in [1.54, 1.807) is 30.3 Å². The van der Waals surface area contributed by atoms with Crippen molar-refractivity contribution >= 4 is 22.6 Å². The van der Waals surface area contributed by atoms with Crippen molar-refractivity contribution < 1.29 is 18.5 Å². The Hall–Kier alpha value is -1.49. The zero-order valence-corrected chi connectivity index (χ0v) is 9.66. The number of Topliss-reactive ketones (excluding diaryl/α,β-unsaturated/α-hetero) is 1. The molecule has 0 saturated carbocycles. The number of hydrogen-bond donors (Lipinski definition) is 0. The zero-order valence-electron chi connectivity index (χ0n) is 8.84. The molecule has 1 aromatic carbocycles. The van der Waals surface area contributed by atoms with E-state index < -0.39 is 16.8 Å². The number of esters is 1. The van der Waals surface area contributed by atoms with E-state index in [9.17, 15) is 13.8 Å². The molecule has 4 nitrogen and oxygen atoms in total. The van der Waals surface area contributed by atoms with Crippen LogP contribution in [0.2, 0.25) is 0 Å². The molecule has 0 aromatic heterocycles.